The molecule has 1 saturated heterocycles. The minimum absolute atomic E-state index is 0.0656. The first-order valence-corrected chi connectivity index (χ1v) is 7.56. The molecule has 1 N–H and O–H groups in total. The number of piperazine rings is 1. The smallest absolute Gasteiger partial charge is 0.275 e. The van der Waals surface area contributed by atoms with Gasteiger partial charge in [-0.3, -0.25) is 4.79 Å². The van der Waals surface area contributed by atoms with E-state index in [0.29, 0.717) is 18.8 Å². The summed E-state index contributed by atoms with van der Waals surface area (Å²) in [6.07, 6.45) is 0. The Labute approximate surface area is 126 Å². The van der Waals surface area contributed by atoms with Gasteiger partial charge in [0.05, 0.1) is 13.2 Å². The first-order chi connectivity index (χ1) is 10.3. The number of carbonyl (C=O) groups is 1. The maximum absolute atomic E-state index is 12.6. The number of rotatable bonds is 3. The fraction of sp³-hybridized carbons (Fsp3) is 0.357. The second kappa shape index (κ2) is 6.19. The lowest BCUT2D eigenvalue weighted by Crippen LogP contribution is -2.48. The van der Waals surface area contributed by atoms with Crippen LogP contribution in [0, 0.1) is 0 Å². The summed E-state index contributed by atoms with van der Waals surface area (Å²) in [5.74, 6) is 0.710. The Morgan fingerprint density at radius 1 is 1.48 bits per heavy atom. The van der Waals surface area contributed by atoms with E-state index in [2.05, 4.69) is 14.9 Å². The number of nitrogens with one attached hydrogen (secondary N) is 1. The SMILES string of the molecule is COc1ccccc1C1CNCCN1C(=O)c1csnn1. The number of amides is 1. The van der Waals surface area contributed by atoms with E-state index < -0.39 is 0 Å². The van der Waals surface area contributed by atoms with Gasteiger partial charge in [-0.2, -0.15) is 0 Å². The number of nitrogens with zero attached hydrogens (tertiary/aromatic N) is 3. The Morgan fingerprint density at radius 3 is 3.10 bits per heavy atom. The van der Waals surface area contributed by atoms with E-state index in [-0.39, 0.29) is 11.9 Å². The maximum atomic E-state index is 12.6. The number of hydrogen-bond donors (Lipinski definition) is 1. The quantitative estimate of drug-likeness (QED) is 0.926. The van der Waals surface area contributed by atoms with Gasteiger partial charge >= 0.3 is 0 Å². The zero-order chi connectivity index (χ0) is 14.7. The van der Waals surface area contributed by atoms with Crippen LogP contribution in [0.25, 0.3) is 0 Å². The Bertz CT molecular complexity index is 617. The van der Waals surface area contributed by atoms with Gasteiger partial charge in [-0.15, -0.1) is 5.10 Å². The molecule has 2 aromatic rings. The third-order valence-corrected chi connectivity index (χ3v) is 4.09. The van der Waals surface area contributed by atoms with Crippen LogP contribution in [0.3, 0.4) is 0 Å². The first kappa shape index (κ1) is 14.0. The summed E-state index contributed by atoms with van der Waals surface area (Å²) < 4.78 is 9.20. The van der Waals surface area contributed by atoms with Crippen LogP contribution in [-0.4, -0.2) is 47.1 Å². The highest BCUT2D eigenvalue weighted by molar-refractivity contribution is 7.03. The van der Waals surface area contributed by atoms with E-state index in [9.17, 15) is 4.79 Å². The van der Waals surface area contributed by atoms with Crippen molar-refractivity contribution in [2.75, 3.05) is 26.7 Å². The molecule has 0 radical (unpaired) electrons. The minimum Gasteiger partial charge on any atom is -0.496 e. The molecule has 0 saturated carbocycles. The van der Waals surface area contributed by atoms with Crippen molar-refractivity contribution in [2.45, 2.75) is 6.04 Å². The minimum atomic E-state index is -0.0823. The van der Waals surface area contributed by atoms with Gasteiger partial charge in [0.1, 0.15) is 5.75 Å². The Morgan fingerprint density at radius 2 is 2.33 bits per heavy atom. The molecule has 1 amide bonds. The van der Waals surface area contributed by atoms with Crippen molar-refractivity contribution in [2.24, 2.45) is 0 Å². The standard InChI is InChI=1S/C14H16N4O2S/c1-20-13-5-3-2-4-10(13)12-8-15-6-7-18(12)14(19)11-9-21-17-16-11/h2-5,9,12,15H,6-8H2,1H3. The number of benzene rings is 1. The van der Waals surface area contributed by atoms with E-state index in [1.54, 1.807) is 12.5 Å². The molecule has 21 heavy (non-hydrogen) atoms. The molecule has 110 valence electrons. The summed E-state index contributed by atoms with van der Waals surface area (Å²) >= 11 is 1.19. The molecular formula is C14H16N4O2S. The Hall–Kier alpha value is -1.99. The van der Waals surface area contributed by atoms with Gasteiger partial charge in [-0.05, 0) is 17.6 Å². The molecule has 2 heterocycles. The van der Waals surface area contributed by atoms with Crippen molar-refractivity contribution in [1.82, 2.24) is 19.8 Å². The van der Waals surface area contributed by atoms with Crippen LogP contribution in [0.2, 0.25) is 0 Å². The molecule has 3 rings (SSSR count). The predicted molar refractivity (Wildman–Crippen MR) is 79.6 cm³/mol. The molecule has 1 unspecified atom stereocenters. The van der Waals surface area contributed by atoms with Gasteiger partial charge in [-0.25, -0.2) is 0 Å². The number of hydrogen-bond acceptors (Lipinski definition) is 6. The fourth-order valence-corrected chi connectivity index (χ4v) is 3.00. The molecule has 1 fully saturated rings. The van der Waals surface area contributed by atoms with Gasteiger partial charge in [0.15, 0.2) is 5.69 Å². The second-order valence-electron chi connectivity index (χ2n) is 4.75. The van der Waals surface area contributed by atoms with Gasteiger partial charge in [0, 0.05) is 30.6 Å². The van der Waals surface area contributed by atoms with Gasteiger partial charge in [-0.1, -0.05) is 22.7 Å². The second-order valence-corrected chi connectivity index (χ2v) is 5.36. The monoisotopic (exact) mass is 304 g/mol. The van der Waals surface area contributed by atoms with Crippen molar-refractivity contribution < 1.29 is 9.53 Å². The summed E-state index contributed by atoms with van der Waals surface area (Å²) in [6, 6.07) is 7.73. The maximum Gasteiger partial charge on any atom is 0.275 e. The number of carbonyl (C=O) groups excluding carboxylic acids is 1. The molecule has 6 nitrogen and oxygen atoms in total. The lowest BCUT2D eigenvalue weighted by atomic mass is 10.0. The topological polar surface area (TPSA) is 67.3 Å². The van der Waals surface area contributed by atoms with Crippen LogP contribution in [0.1, 0.15) is 22.1 Å². The van der Waals surface area contributed by atoms with E-state index in [1.807, 2.05) is 29.2 Å². The van der Waals surface area contributed by atoms with Crippen LogP contribution in [0.5, 0.6) is 5.75 Å². The van der Waals surface area contributed by atoms with Crippen LogP contribution in [-0.2, 0) is 0 Å². The molecule has 0 spiro atoms. The molecule has 0 bridgehead atoms. The van der Waals surface area contributed by atoms with Crippen molar-refractivity contribution in [3.05, 3.63) is 40.9 Å². The van der Waals surface area contributed by atoms with Crippen molar-refractivity contribution in [3.63, 3.8) is 0 Å². The summed E-state index contributed by atoms with van der Waals surface area (Å²) in [7, 11) is 1.64. The van der Waals surface area contributed by atoms with Gasteiger partial charge in [0.2, 0.25) is 0 Å². The molecule has 1 aliphatic rings. The first-order valence-electron chi connectivity index (χ1n) is 6.73. The third-order valence-electron chi connectivity index (χ3n) is 3.58. The molecule has 1 aliphatic heterocycles. The van der Waals surface area contributed by atoms with E-state index in [0.717, 1.165) is 17.9 Å². The van der Waals surface area contributed by atoms with Crippen molar-refractivity contribution >= 4 is 17.4 Å². The lowest BCUT2D eigenvalue weighted by molar-refractivity contribution is 0.0625. The van der Waals surface area contributed by atoms with Gasteiger partial charge < -0.3 is 15.0 Å². The largest absolute Gasteiger partial charge is 0.496 e. The number of methoxy groups -OCH3 is 1. The molecule has 7 heteroatoms. The lowest BCUT2D eigenvalue weighted by Gasteiger charge is -2.36. The van der Waals surface area contributed by atoms with E-state index >= 15 is 0 Å². The summed E-state index contributed by atoms with van der Waals surface area (Å²) in [5.41, 5.74) is 1.41. The molecular weight excluding hydrogens is 288 g/mol. The highest BCUT2D eigenvalue weighted by Gasteiger charge is 2.31. The van der Waals surface area contributed by atoms with E-state index in [4.69, 9.17) is 4.74 Å². The Balaban J connectivity index is 1.93. The zero-order valence-electron chi connectivity index (χ0n) is 11.7. The normalized spacial score (nSPS) is 18.5. The highest BCUT2D eigenvalue weighted by Crippen LogP contribution is 2.30. The van der Waals surface area contributed by atoms with Crippen LogP contribution >= 0.6 is 11.5 Å². The van der Waals surface area contributed by atoms with Crippen LogP contribution in [0.15, 0.2) is 29.6 Å². The highest BCUT2D eigenvalue weighted by atomic mass is 32.1. The number of para-hydroxylation sites is 1. The van der Waals surface area contributed by atoms with E-state index in [1.165, 1.54) is 11.5 Å². The van der Waals surface area contributed by atoms with Crippen molar-refractivity contribution in [3.8, 4) is 5.75 Å². The molecule has 1 aromatic heterocycles. The van der Waals surface area contributed by atoms with Crippen LogP contribution < -0.4 is 10.1 Å². The summed E-state index contributed by atoms with van der Waals surface area (Å²) in [4.78, 5) is 14.4. The zero-order valence-corrected chi connectivity index (χ0v) is 12.5. The summed E-state index contributed by atoms with van der Waals surface area (Å²) in [5, 5.41) is 8.90. The molecule has 0 aliphatic carbocycles. The number of aromatic nitrogens is 2. The Kier molecular flexibility index (Phi) is 4.12. The third kappa shape index (κ3) is 2.74. The van der Waals surface area contributed by atoms with Gasteiger partial charge in [0.25, 0.3) is 5.91 Å². The predicted octanol–water partition coefficient (Wildman–Crippen LogP) is 1.33. The van der Waals surface area contributed by atoms with Crippen LogP contribution in [0.4, 0.5) is 0 Å². The average Bonchev–Trinajstić information content (AvgIpc) is 3.08. The summed E-state index contributed by atoms with van der Waals surface area (Å²) in [6.45, 7) is 2.11. The number of ether oxygens (including phenoxy) is 1. The molecule has 1 atom stereocenters. The fourth-order valence-electron chi connectivity index (χ4n) is 2.57. The molecule has 1 aromatic carbocycles. The van der Waals surface area contributed by atoms with Crippen molar-refractivity contribution in [1.29, 1.82) is 0 Å². The average molecular weight is 304 g/mol.